The minimum Gasteiger partial charge on any atom is -0.494 e. The number of hydrogen-bond acceptors (Lipinski definition) is 7. The van der Waals surface area contributed by atoms with E-state index in [2.05, 4.69) is 20.4 Å². The Balaban J connectivity index is 1.66. The number of amides is 1. The van der Waals surface area contributed by atoms with Crippen LogP contribution < -0.4 is 21.5 Å². The fourth-order valence-electron chi connectivity index (χ4n) is 2.97. The number of fused-ring (bicyclic) bond motifs is 1. The maximum Gasteiger partial charge on any atom is 0.254 e. The third kappa shape index (κ3) is 4.20. The number of anilines is 2. The summed E-state index contributed by atoms with van der Waals surface area (Å²) in [4.78, 5) is 20.0. The largest absolute Gasteiger partial charge is 0.494 e. The normalized spacial score (nSPS) is 10.8. The Morgan fingerprint density at radius 3 is 2.73 bits per heavy atom. The topological polar surface area (TPSA) is 133 Å². The minimum absolute atomic E-state index is 0.438. The molecule has 1 amide bonds. The first-order valence-corrected chi connectivity index (χ1v) is 9.45. The Morgan fingerprint density at radius 2 is 1.97 bits per heavy atom. The van der Waals surface area contributed by atoms with Crippen LogP contribution in [0.1, 0.15) is 16.8 Å². The average molecular weight is 403 g/mol. The van der Waals surface area contributed by atoms with Crippen LogP contribution >= 0.6 is 0 Å². The zero-order chi connectivity index (χ0) is 20.9. The van der Waals surface area contributed by atoms with E-state index in [1.165, 1.54) is 6.33 Å². The lowest BCUT2D eigenvalue weighted by Gasteiger charge is -2.11. The third-order valence-electron chi connectivity index (χ3n) is 4.44. The number of nitrogens with zero attached hydrogens (tertiary/aromatic N) is 4. The molecule has 0 aliphatic carbocycles. The number of aromatic nitrogens is 4. The van der Waals surface area contributed by atoms with Gasteiger partial charge in [0, 0.05) is 22.9 Å². The van der Waals surface area contributed by atoms with Crippen molar-refractivity contribution in [2.24, 2.45) is 11.5 Å². The first kappa shape index (κ1) is 19.3. The van der Waals surface area contributed by atoms with Gasteiger partial charge in [0.1, 0.15) is 17.9 Å². The zero-order valence-electron chi connectivity index (χ0n) is 16.2. The number of ether oxygens (including phenoxy) is 1. The molecule has 0 saturated heterocycles. The monoisotopic (exact) mass is 403 g/mol. The van der Waals surface area contributed by atoms with Crippen LogP contribution in [0.25, 0.3) is 17.0 Å². The van der Waals surface area contributed by atoms with E-state index in [1.54, 1.807) is 28.8 Å². The Kier molecular flexibility index (Phi) is 5.53. The van der Waals surface area contributed by atoms with Crippen molar-refractivity contribution >= 4 is 23.2 Å². The molecule has 2 heterocycles. The van der Waals surface area contributed by atoms with Crippen LogP contribution in [0.15, 0.2) is 60.9 Å². The van der Waals surface area contributed by atoms with E-state index < -0.39 is 5.91 Å². The summed E-state index contributed by atoms with van der Waals surface area (Å²) in [6, 6.07) is 16.5. The molecule has 30 heavy (non-hydrogen) atoms. The second-order valence-electron chi connectivity index (χ2n) is 6.58. The zero-order valence-corrected chi connectivity index (χ0v) is 16.2. The second-order valence-corrected chi connectivity index (χ2v) is 6.58. The van der Waals surface area contributed by atoms with E-state index in [4.69, 9.17) is 16.2 Å². The lowest BCUT2D eigenvalue weighted by Crippen LogP contribution is -2.10. The van der Waals surface area contributed by atoms with Crippen LogP contribution in [0.3, 0.4) is 0 Å². The number of rotatable bonds is 8. The first-order chi connectivity index (χ1) is 14.6. The maximum absolute atomic E-state index is 11.3. The average Bonchev–Trinajstić information content (AvgIpc) is 3.23. The predicted molar refractivity (Wildman–Crippen MR) is 114 cm³/mol. The summed E-state index contributed by atoms with van der Waals surface area (Å²) in [6.07, 6.45) is 2.24. The molecule has 0 spiro atoms. The number of nitrogens with one attached hydrogen (secondary N) is 1. The van der Waals surface area contributed by atoms with E-state index in [9.17, 15) is 4.79 Å². The standard InChI is InChI=1S/C21H21N7O2/c22-9-2-10-30-17-4-1-3-15(11-17)18-12-19(27-21-24-13-25-28(18)21)26-16-7-5-14(6-8-16)20(23)29/h1,3-8,11-13H,2,9-10,22H2,(H2,23,29)(H,24,25,26,27). The van der Waals surface area contributed by atoms with Crippen LogP contribution in [0.2, 0.25) is 0 Å². The van der Waals surface area contributed by atoms with Gasteiger partial charge in [-0.2, -0.15) is 19.6 Å². The highest BCUT2D eigenvalue weighted by Gasteiger charge is 2.11. The number of hydrogen-bond donors (Lipinski definition) is 3. The highest BCUT2D eigenvalue weighted by atomic mass is 16.5. The molecule has 4 aromatic rings. The Morgan fingerprint density at radius 1 is 1.13 bits per heavy atom. The van der Waals surface area contributed by atoms with E-state index >= 15 is 0 Å². The van der Waals surface area contributed by atoms with Gasteiger partial charge in [0.25, 0.3) is 5.78 Å². The van der Waals surface area contributed by atoms with Gasteiger partial charge in [0.2, 0.25) is 5.91 Å². The molecule has 4 rings (SSSR count). The van der Waals surface area contributed by atoms with Crippen LogP contribution in [0.5, 0.6) is 5.75 Å². The number of carbonyl (C=O) groups excluding carboxylic acids is 1. The lowest BCUT2D eigenvalue weighted by molar-refractivity contribution is 0.100. The smallest absolute Gasteiger partial charge is 0.254 e. The molecular weight excluding hydrogens is 382 g/mol. The fraction of sp³-hybridized carbons (Fsp3) is 0.143. The van der Waals surface area contributed by atoms with Gasteiger partial charge in [-0.25, -0.2) is 0 Å². The van der Waals surface area contributed by atoms with Gasteiger partial charge in [-0.05, 0) is 49.4 Å². The maximum atomic E-state index is 11.3. The Labute approximate surface area is 172 Å². The summed E-state index contributed by atoms with van der Waals surface area (Å²) in [5.41, 5.74) is 13.7. The van der Waals surface area contributed by atoms with Gasteiger partial charge in [0.15, 0.2) is 0 Å². The van der Waals surface area contributed by atoms with Crippen LogP contribution in [-0.2, 0) is 0 Å². The number of benzene rings is 2. The van der Waals surface area contributed by atoms with Crippen molar-refractivity contribution in [1.29, 1.82) is 0 Å². The molecular formula is C21H21N7O2. The van der Waals surface area contributed by atoms with Gasteiger partial charge in [-0.15, -0.1) is 0 Å². The summed E-state index contributed by atoms with van der Waals surface area (Å²) in [7, 11) is 0. The number of primary amides is 1. The molecule has 0 atom stereocenters. The SMILES string of the molecule is NCCCOc1cccc(-c2cc(Nc3ccc(C(N)=O)cc3)nc3ncnn23)c1. The van der Waals surface area contributed by atoms with Crippen LogP contribution in [0, 0.1) is 0 Å². The van der Waals surface area contributed by atoms with Crippen molar-refractivity contribution < 1.29 is 9.53 Å². The number of nitrogens with two attached hydrogens (primary N) is 2. The molecule has 0 aliphatic rings. The molecule has 2 aromatic carbocycles. The van der Waals surface area contributed by atoms with Gasteiger partial charge in [-0.3, -0.25) is 4.79 Å². The fourth-order valence-corrected chi connectivity index (χ4v) is 2.97. The van der Waals surface area contributed by atoms with Crippen molar-refractivity contribution in [1.82, 2.24) is 19.6 Å². The van der Waals surface area contributed by atoms with Gasteiger partial charge >= 0.3 is 0 Å². The highest BCUT2D eigenvalue weighted by molar-refractivity contribution is 5.93. The van der Waals surface area contributed by atoms with Gasteiger partial charge < -0.3 is 21.5 Å². The van der Waals surface area contributed by atoms with E-state index in [1.807, 2.05) is 30.3 Å². The van der Waals surface area contributed by atoms with E-state index in [0.29, 0.717) is 30.3 Å². The quantitative estimate of drug-likeness (QED) is 0.385. The Bertz CT molecular complexity index is 1170. The Hall–Kier alpha value is -3.98. The summed E-state index contributed by atoms with van der Waals surface area (Å²) in [6.45, 7) is 1.14. The van der Waals surface area contributed by atoms with E-state index in [-0.39, 0.29) is 0 Å². The summed E-state index contributed by atoms with van der Waals surface area (Å²) in [5.74, 6) is 1.33. The van der Waals surface area contributed by atoms with Crippen molar-refractivity contribution in [2.75, 3.05) is 18.5 Å². The molecule has 0 bridgehead atoms. The van der Waals surface area contributed by atoms with Crippen molar-refractivity contribution in [2.45, 2.75) is 6.42 Å². The molecule has 9 nitrogen and oxygen atoms in total. The molecule has 152 valence electrons. The summed E-state index contributed by atoms with van der Waals surface area (Å²) < 4.78 is 7.43. The molecule has 2 aromatic heterocycles. The molecule has 0 aliphatic heterocycles. The molecule has 0 saturated carbocycles. The molecule has 9 heteroatoms. The van der Waals surface area contributed by atoms with Crippen LogP contribution in [0.4, 0.5) is 11.5 Å². The summed E-state index contributed by atoms with van der Waals surface area (Å²) >= 11 is 0. The molecule has 0 radical (unpaired) electrons. The van der Waals surface area contributed by atoms with Gasteiger partial charge in [0.05, 0.1) is 12.3 Å². The lowest BCUT2D eigenvalue weighted by atomic mass is 10.1. The highest BCUT2D eigenvalue weighted by Crippen LogP contribution is 2.27. The first-order valence-electron chi connectivity index (χ1n) is 9.45. The molecule has 0 fully saturated rings. The van der Waals surface area contributed by atoms with Gasteiger partial charge in [-0.1, -0.05) is 12.1 Å². The molecule has 5 N–H and O–H groups in total. The van der Waals surface area contributed by atoms with Crippen molar-refractivity contribution in [3.8, 4) is 17.0 Å². The number of carbonyl (C=O) groups is 1. The third-order valence-corrected chi connectivity index (χ3v) is 4.44. The predicted octanol–water partition coefficient (Wildman–Crippen LogP) is 2.36. The van der Waals surface area contributed by atoms with Crippen molar-refractivity contribution in [3.05, 3.63) is 66.5 Å². The minimum atomic E-state index is -0.472. The van der Waals surface area contributed by atoms with E-state index in [0.717, 1.165) is 29.1 Å². The van der Waals surface area contributed by atoms with Crippen molar-refractivity contribution in [3.63, 3.8) is 0 Å². The summed E-state index contributed by atoms with van der Waals surface area (Å²) in [5, 5.41) is 7.52. The molecule has 0 unspecified atom stereocenters. The second kappa shape index (κ2) is 8.58. The van der Waals surface area contributed by atoms with Crippen LogP contribution in [-0.4, -0.2) is 38.6 Å².